The Hall–Kier alpha value is -2.69. The van der Waals surface area contributed by atoms with Gasteiger partial charge in [-0.1, -0.05) is 18.2 Å². The summed E-state index contributed by atoms with van der Waals surface area (Å²) in [5.41, 5.74) is 3.05. The summed E-state index contributed by atoms with van der Waals surface area (Å²) >= 11 is 0. The van der Waals surface area contributed by atoms with Crippen LogP contribution in [-0.4, -0.2) is 24.0 Å². The number of hydrogen-bond acceptors (Lipinski definition) is 4. The molecule has 0 aliphatic carbocycles. The predicted octanol–water partition coefficient (Wildman–Crippen LogP) is 2.04. The summed E-state index contributed by atoms with van der Waals surface area (Å²) in [7, 11) is 1.34. The molecule has 0 saturated carbocycles. The summed E-state index contributed by atoms with van der Waals surface area (Å²) in [4.78, 5) is 27.6. The van der Waals surface area contributed by atoms with E-state index in [2.05, 4.69) is 15.0 Å². The zero-order valence-corrected chi connectivity index (χ0v) is 12.6. The highest BCUT2D eigenvalue weighted by Crippen LogP contribution is 2.06. The molecular weight excluding hydrogens is 280 g/mol. The first kappa shape index (κ1) is 15.7. The van der Waals surface area contributed by atoms with Gasteiger partial charge in [-0.2, -0.15) is 0 Å². The molecule has 0 bridgehead atoms. The largest absolute Gasteiger partial charge is 0.465 e. The second kappa shape index (κ2) is 7.36. The minimum atomic E-state index is -0.387. The molecule has 0 spiro atoms. The lowest BCUT2D eigenvalue weighted by Crippen LogP contribution is -2.25. The molecular formula is C17H18N2O3. The van der Waals surface area contributed by atoms with E-state index in [-0.39, 0.29) is 18.3 Å². The molecule has 0 fully saturated rings. The first-order valence-corrected chi connectivity index (χ1v) is 6.95. The molecule has 0 radical (unpaired) electrons. The van der Waals surface area contributed by atoms with E-state index in [0.717, 1.165) is 17.0 Å². The van der Waals surface area contributed by atoms with Crippen LogP contribution in [0.5, 0.6) is 0 Å². The Kier molecular flexibility index (Phi) is 5.25. The quantitative estimate of drug-likeness (QED) is 0.858. The van der Waals surface area contributed by atoms with Gasteiger partial charge in [0.1, 0.15) is 0 Å². The number of carbonyl (C=O) groups is 2. The summed E-state index contributed by atoms with van der Waals surface area (Å²) in [5, 5.41) is 2.83. The fourth-order valence-corrected chi connectivity index (χ4v) is 2.01. The monoisotopic (exact) mass is 298 g/mol. The van der Waals surface area contributed by atoms with E-state index in [0.29, 0.717) is 12.1 Å². The first-order valence-electron chi connectivity index (χ1n) is 6.95. The van der Waals surface area contributed by atoms with Crippen LogP contribution in [0.15, 0.2) is 42.5 Å². The lowest BCUT2D eigenvalue weighted by Gasteiger charge is -2.06. The van der Waals surface area contributed by atoms with Gasteiger partial charge in [0.2, 0.25) is 5.91 Å². The number of nitrogens with zero attached hydrogens (tertiary/aromatic N) is 1. The fraction of sp³-hybridized carbons (Fsp3) is 0.235. The van der Waals surface area contributed by atoms with Crippen molar-refractivity contribution in [2.45, 2.75) is 19.9 Å². The number of carbonyl (C=O) groups excluding carboxylic acids is 2. The van der Waals surface area contributed by atoms with E-state index in [1.165, 1.54) is 7.11 Å². The van der Waals surface area contributed by atoms with Crippen molar-refractivity contribution in [3.63, 3.8) is 0 Å². The third-order valence-electron chi connectivity index (χ3n) is 3.15. The Balaban J connectivity index is 1.88. The van der Waals surface area contributed by atoms with Crippen LogP contribution in [0.1, 0.15) is 27.3 Å². The van der Waals surface area contributed by atoms with Gasteiger partial charge in [0, 0.05) is 5.69 Å². The zero-order chi connectivity index (χ0) is 15.9. The SMILES string of the molecule is COC(=O)c1ccc(CC(=O)NCc2cccc(C)n2)cc1. The van der Waals surface area contributed by atoms with Gasteiger partial charge in [-0.3, -0.25) is 9.78 Å². The van der Waals surface area contributed by atoms with E-state index >= 15 is 0 Å². The number of pyridine rings is 1. The van der Waals surface area contributed by atoms with Crippen LogP contribution in [0.2, 0.25) is 0 Å². The molecule has 2 aromatic rings. The number of aryl methyl sites for hydroxylation is 1. The van der Waals surface area contributed by atoms with Gasteiger partial charge in [0.05, 0.1) is 31.3 Å². The van der Waals surface area contributed by atoms with E-state index < -0.39 is 0 Å². The van der Waals surface area contributed by atoms with Gasteiger partial charge in [0.25, 0.3) is 0 Å². The number of hydrogen-bond donors (Lipinski definition) is 1. The molecule has 22 heavy (non-hydrogen) atoms. The number of rotatable bonds is 5. The normalized spacial score (nSPS) is 10.1. The molecule has 114 valence electrons. The van der Waals surface area contributed by atoms with Crippen LogP contribution in [0, 0.1) is 6.92 Å². The Labute approximate surface area is 129 Å². The van der Waals surface area contributed by atoms with Crippen LogP contribution < -0.4 is 5.32 Å². The minimum absolute atomic E-state index is 0.0888. The molecule has 1 aromatic carbocycles. The number of amides is 1. The summed E-state index contributed by atoms with van der Waals surface area (Å²) < 4.78 is 4.63. The van der Waals surface area contributed by atoms with Crippen LogP contribution >= 0.6 is 0 Å². The summed E-state index contributed by atoms with van der Waals surface area (Å²) in [6.45, 7) is 2.31. The molecule has 5 heteroatoms. The van der Waals surface area contributed by atoms with Crippen molar-refractivity contribution in [1.29, 1.82) is 0 Å². The highest BCUT2D eigenvalue weighted by Gasteiger charge is 2.07. The van der Waals surface area contributed by atoms with Crippen LogP contribution in [-0.2, 0) is 22.5 Å². The van der Waals surface area contributed by atoms with Crippen molar-refractivity contribution >= 4 is 11.9 Å². The molecule has 2 rings (SSSR count). The number of benzene rings is 1. The molecule has 0 atom stereocenters. The lowest BCUT2D eigenvalue weighted by molar-refractivity contribution is -0.120. The van der Waals surface area contributed by atoms with E-state index in [1.807, 2.05) is 25.1 Å². The molecule has 0 aliphatic heterocycles. The third kappa shape index (κ3) is 4.41. The lowest BCUT2D eigenvalue weighted by atomic mass is 10.1. The number of ether oxygens (including phenoxy) is 1. The Morgan fingerprint density at radius 3 is 2.50 bits per heavy atom. The predicted molar refractivity (Wildman–Crippen MR) is 82.3 cm³/mol. The van der Waals surface area contributed by atoms with E-state index in [1.54, 1.807) is 24.3 Å². The van der Waals surface area contributed by atoms with Crippen molar-refractivity contribution in [2.24, 2.45) is 0 Å². The summed E-state index contributed by atoms with van der Waals surface area (Å²) in [6, 6.07) is 12.5. The maximum Gasteiger partial charge on any atom is 0.337 e. The minimum Gasteiger partial charge on any atom is -0.465 e. The Morgan fingerprint density at radius 2 is 1.86 bits per heavy atom. The van der Waals surface area contributed by atoms with Crippen LogP contribution in [0.25, 0.3) is 0 Å². The molecule has 1 heterocycles. The molecule has 0 unspecified atom stereocenters. The maximum atomic E-state index is 11.9. The standard InChI is InChI=1S/C17H18N2O3/c1-12-4-3-5-15(19-12)11-18-16(20)10-13-6-8-14(9-7-13)17(21)22-2/h3-9H,10-11H2,1-2H3,(H,18,20). The number of nitrogens with one attached hydrogen (secondary N) is 1. The number of esters is 1. The second-order valence-electron chi connectivity index (χ2n) is 4.91. The summed E-state index contributed by atoms with van der Waals surface area (Å²) in [6.07, 6.45) is 0.257. The Morgan fingerprint density at radius 1 is 1.14 bits per heavy atom. The fourth-order valence-electron chi connectivity index (χ4n) is 2.01. The molecule has 0 aliphatic rings. The van der Waals surface area contributed by atoms with Crippen molar-refractivity contribution in [3.05, 3.63) is 65.0 Å². The van der Waals surface area contributed by atoms with E-state index in [9.17, 15) is 9.59 Å². The van der Waals surface area contributed by atoms with E-state index in [4.69, 9.17) is 0 Å². The van der Waals surface area contributed by atoms with Gasteiger partial charge in [-0.15, -0.1) is 0 Å². The van der Waals surface area contributed by atoms with Gasteiger partial charge in [-0.25, -0.2) is 4.79 Å². The molecule has 1 aromatic heterocycles. The number of methoxy groups -OCH3 is 1. The first-order chi connectivity index (χ1) is 10.6. The average Bonchev–Trinajstić information content (AvgIpc) is 2.53. The zero-order valence-electron chi connectivity index (χ0n) is 12.6. The van der Waals surface area contributed by atoms with Crippen molar-refractivity contribution in [1.82, 2.24) is 10.3 Å². The van der Waals surface area contributed by atoms with Crippen molar-refractivity contribution < 1.29 is 14.3 Å². The number of aromatic nitrogens is 1. The molecule has 1 N–H and O–H groups in total. The highest BCUT2D eigenvalue weighted by molar-refractivity contribution is 5.89. The smallest absolute Gasteiger partial charge is 0.337 e. The molecule has 0 saturated heterocycles. The highest BCUT2D eigenvalue weighted by atomic mass is 16.5. The third-order valence-corrected chi connectivity index (χ3v) is 3.15. The van der Waals surface area contributed by atoms with Gasteiger partial charge < -0.3 is 10.1 Å². The summed E-state index contributed by atoms with van der Waals surface area (Å²) in [5.74, 6) is -0.476. The maximum absolute atomic E-state index is 11.9. The van der Waals surface area contributed by atoms with Crippen LogP contribution in [0.4, 0.5) is 0 Å². The van der Waals surface area contributed by atoms with Crippen molar-refractivity contribution in [3.8, 4) is 0 Å². The van der Waals surface area contributed by atoms with Gasteiger partial charge in [-0.05, 0) is 36.8 Å². The van der Waals surface area contributed by atoms with Gasteiger partial charge in [0.15, 0.2) is 0 Å². The van der Waals surface area contributed by atoms with Gasteiger partial charge >= 0.3 is 5.97 Å². The van der Waals surface area contributed by atoms with Crippen molar-refractivity contribution in [2.75, 3.05) is 7.11 Å². The molecule has 1 amide bonds. The van der Waals surface area contributed by atoms with Crippen LogP contribution in [0.3, 0.4) is 0 Å². The topological polar surface area (TPSA) is 68.3 Å². The average molecular weight is 298 g/mol. The Bertz CT molecular complexity index is 666. The molecule has 5 nitrogen and oxygen atoms in total. The second-order valence-corrected chi connectivity index (χ2v) is 4.91.